The van der Waals surface area contributed by atoms with Crippen molar-refractivity contribution in [2.75, 3.05) is 12.9 Å². The predicted molar refractivity (Wildman–Crippen MR) is 99.9 cm³/mol. The third-order valence-electron chi connectivity index (χ3n) is 3.45. The number of rotatable bonds is 7. The summed E-state index contributed by atoms with van der Waals surface area (Å²) in [6.07, 6.45) is 0. The lowest BCUT2D eigenvalue weighted by Gasteiger charge is -2.11. The van der Waals surface area contributed by atoms with Crippen LogP contribution in [0.2, 0.25) is 5.02 Å². The lowest BCUT2D eigenvalue weighted by atomic mass is 10.3. The Morgan fingerprint density at radius 1 is 1.12 bits per heavy atom. The molecule has 0 aliphatic rings. The maximum Gasteiger partial charge on any atom is 0.316 e. The molecule has 1 heterocycles. The van der Waals surface area contributed by atoms with E-state index in [-0.39, 0.29) is 18.3 Å². The molecule has 0 N–H and O–H groups in total. The van der Waals surface area contributed by atoms with Crippen LogP contribution in [-0.4, -0.2) is 33.6 Å². The van der Waals surface area contributed by atoms with Crippen molar-refractivity contribution in [1.82, 2.24) is 14.8 Å². The standard InChI is InChI=1S/C18H16ClN3O3S/c1-24-17(23)12-26-18-21-20-16(22(18)13-7-3-2-4-8-13)11-25-15-10-6-5-9-14(15)19/h2-10H,11-12H2,1H3. The van der Waals surface area contributed by atoms with Crippen molar-refractivity contribution in [2.45, 2.75) is 11.8 Å². The van der Waals surface area contributed by atoms with E-state index in [0.717, 1.165) is 5.69 Å². The molecule has 1 aromatic heterocycles. The molecular formula is C18H16ClN3O3S. The molecule has 0 fully saturated rings. The van der Waals surface area contributed by atoms with Crippen LogP contribution < -0.4 is 4.74 Å². The van der Waals surface area contributed by atoms with E-state index in [4.69, 9.17) is 16.3 Å². The SMILES string of the molecule is COC(=O)CSc1nnc(COc2ccccc2Cl)n1-c1ccccc1. The monoisotopic (exact) mass is 389 g/mol. The summed E-state index contributed by atoms with van der Waals surface area (Å²) in [5, 5.41) is 9.51. The summed E-state index contributed by atoms with van der Waals surface area (Å²) in [6, 6.07) is 16.9. The van der Waals surface area contributed by atoms with Crippen molar-refractivity contribution in [3.8, 4) is 11.4 Å². The normalized spacial score (nSPS) is 10.5. The van der Waals surface area contributed by atoms with Crippen LogP contribution in [0.4, 0.5) is 0 Å². The van der Waals surface area contributed by atoms with E-state index in [2.05, 4.69) is 14.9 Å². The highest BCUT2D eigenvalue weighted by Gasteiger charge is 2.16. The van der Waals surface area contributed by atoms with Crippen LogP contribution in [0.3, 0.4) is 0 Å². The predicted octanol–water partition coefficient (Wildman–Crippen LogP) is 3.76. The Morgan fingerprint density at radius 2 is 1.85 bits per heavy atom. The first-order valence-corrected chi connectivity index (χ1v) is 9.12. The van der Waals surface area contributed by atoms with Crippen LogP contribution in [-0.2, 0) is 16.1 Å². The van der Waals surface area contributed by atoms with Crippen molar-refractivity contribution in [3.63, 3.8) is 0 Å². The fourth-order valence-electron chi connectivity index (χ4n) is 2.21. The minimum Gasteiger partial charge on any atom is -0.484 e. The van der Waals surface area contributed by atoms with Gasteiger partial charge in [0.25, 0.3) is 0 Å². The lowest BCUT2D eigenvalue weighted by molar-refractivity contribution is -0.137. The van der Waals surface area contributed by atoms with Gasteiger partial charge in [-0.1, -0.05) is 53.7 Å². The summed E-state index contributed by atoms with van der Waals surface area (Å²) < 4.78 is 12.3. The number of carbonyl (C=O) groups excluding carboxylic acids is 1. The molecule has 8 heteroatoms. The van der Waals surface area contributed by atoms with Crippen LogP contribution in [0.15, 0.2) is 59.8 Å². The molecule has 26 heavy (non-hydrogen) atoms. The average molecular weight is 390 g/mol. The summed E-state index contributed by atoms with van der Waals surface area (Å²) in [6.45, 7) is 0.185. The summed E-state index contributed by atoms with van der Waals surface area (Å²) >= 11 is 7.38. The number of hydrogen-bond donors (Lipinski definition) is 0. The number of nitrogens with zero attached hydrogens (tertiary/aromatic N) is 3. The van der Waals surface area contributed by atoms with Gasteiger partial charge in [-0.2, -0.15) is 0 Å². The maximum absolute atomic E-state index is 11.4. The smallest absolute Gasteiger partial charge is 0.316 e. The minimum absolute atomic E-state index is 0.146. The molecule has 0 amide bonds. The number of thioether (sulfide) groups is 1. The first-order chi connectivity index (χ1) is 12.7. The highest BCUT2D eigenvalue weighted by atomic mass is 35.5. The van der Waals surface area contributed by atoms with E-state index >= 15 is 0 Å². The minimum atomic E-state index is -0.327. The molecule has 134 valence electrons. The van der Waals surface area contributed by atoms with Gasteiger partial charge in [-0.3, -0.25) is 9.36 Å². The number of ether oxygens (including phenoxy) is 2. The van der Waals surface area contributed by atoms with Gasteiger partial charge in [-0.15, -0.1) is 10.2 Å². The van der Waals surface area contributed by atoms with Crippen molar-refractivity contribution in [3.05, 3.63) is 65.4 Å². The molecule has 3 rings (SSSR count). The number of halogens is 1. The zero-order chi connectivity index (χ0) is 18.4. The van der Waals surface area contributed by atoms with E-state index in [1.165, 1.54) is 18.9 Å². The molecule has 6 nitrogen and oxygen atoms in total. The van der Waals surface area contributed by atoms with Gasteiger partial charge in [0.15, 0.2) is 11.0 Å². The third-order valence-corrected chi connectivity index (χ3v) is 4.67. The van der Waals surface area contributed by atoms with Gasteiger partial charge in [0.1, 0.15) is 12.4 Å². The van der Waals surface area contributed by atoms with Crippen LogP contribution >= 0.6 is 23.4 Å². The molecule has 0 unspecified atom stereocenters. The largest absolute Gasteiger partial charge is 0.484 e. The highest BCUT2D eigenvalue weighted by molar-refractivity contribution is 7.99. The molecule has 0 radical (unpaired) electrons. The second-order valence-corrected chi connectivity index (χ2v) is 6.50. The van der Waals surface area contributed by atoms with Gasteiger partial charge in [-0.05, 0) is 24.3 Å². The molecule has 2 aromatic carbocycles. The fourth-order valence-corrected chi connectivity index (χ4v) is 3.20. The van der Waals surface area contributed by atoms with Crippen molar-refractivity contribution in [1.29, 1.82) is 0 Å². The van der Waals surface area contributed by atoms with E-state index in [0.29, 0.717) is 21.8 Å². The van der Waals surface area contributed by atoms with Crippen LogP contribution in [0.1, 0.15) is 5.82 Å². The van der Waals surface area contributed by atoms with E-state index in [1.807, 2.05) is 47.0 Å². The van der Waals surface area contributed by atoms with Gasteiger partial charge >= 0.3 is 5.97 Å². The van der Waals surface area contributed by atoms with Gasteiger partial charge in [0, 0.05) is 5.69 Å². The second-order valence-electron chi connectivity index (χ2n) is 5.15. The Balaban J connectivity index is 1.86. The van der Waals surface area contributed by atoms with E-state index in [9.17, 15) is 4.79 Å². The van der Waals surface area contributed by atoms with Crippen molar-refractivity contribution in [2.24, 2.45) is 0 Å². The van der Waals surface area contributed by atoms with Gasteiger partial charge in [0.05, 0.1) is 17.9 Å². The molecule has 0 saturated carbocycles. The van der Waals surface area contributed by atoms with Crippen LogP contribution in [0.25, 0.3) is 5.69 Å². The molecule has 0 aliphatic carbocycles. The van der Waals surface area contributed by atoms with Crippen LogP contribution in [0.5, 0.6) is 5.75 Å². The number of para-hydroxylation sites is 2. The van der Waals surface area contributed by atoms with E-state index in [1.54, 1.807) is 12.1 Å². The Kier molecular flexibility index (Phi) is 6.14. The van der Waals surface area contributed by atoms with Gasteiger partial charge in [0.2, 0.25) is 0 Å². The van der Waals surface area contributed by atoms with Crippen LogP contribution in [0, 0.1) is 0 Å². The number of aromatic nitrogens is 3. The summed E-state index contributed by atoms with van der Waals surface area (Å²) in [5.74, 6) is 0.989. The zero-order valence-corrected chi connectivity index (χ0v) is 15.5. The molecule has 0 atom stereocenters. The first kappa shape index (κ1) is 18.3. The molecule has 0 spiro atoms. The van der Waals surface area contributed by atoms with Crippen molar-refractivity contribution < 1.29 is 14.3 Å². The Hall–Kier alpha value is -2.51. The average Bonchev–Trinajstić information content (AvgIpc) is 3.09. The zero-order valence-electron chi connectivity index (χ0n) is 14.0. The highest BCUT2D eigenvalue weighted by Crippen LogP contribution is 2.26. The molecule has 3 aromatic rings. The number of carbonyl (C=O) groups is 1. The van der Waals surface area contributed by atoms with E-state index < -0.39 is 0 Å². The lowest BCUT2D eigenvalue weighted by Crippen LogP contribution is -2.08. The Labute approximate surface area is 160 Å². The fraction of sp³-hybridized carbons (Fsp3) is 0.167. The number of benzene rings is 2. The Morgan fingerprint density at radius 3 is 2.58 bits per heavy atom. The quantitative estimate of drug-likeness (QED) is 0.452. The maximum atomic E-state index is 11.4. The topological polar surface area (TPSA) is 66.2 Å². The second kappa shape index (κ2) is 8.73. The number of esters is 1. The third kappa shape index (κ3) is 4.36. The summed E-state index contributed by atoms with van der Waals surface area (Å²) in [7, 11) is 1.35. The summed E-state index contributed by atoms with van der Waals surface area (Å²) in [5.41, 5.74) is 0.877. The van der Waals surface area contributed by atoms with Gasteiger partial charge < -0.3 is 9.47 Å². The molecule has 0 saturated heterocycles. The summed E-state index contributed by atoms with van der Waals surface area (Å²) in [4.78, 5) is 11.4. The number of hydrogen-bond acceptors (Lipinski definition) is 6. The molecular weight excluding hydrogens is 374 g/mol. The van der Waals surface area contributed by atoms with Gasteiger partial charge in [-0.25, -0.2) is 0 Å². The molecule has 0 aliphatic heterocycles. The Bertz CT molecular complexity index is 886. The first-order valence-electron chi connectivity index (χ1n) is 7.75. The van der Waals surface area contributed by atoms with Crippen molar-refractivity contribution >= 4 is 29.3 Å². The number of methoxy groups -OCH3 is 1. The molecule has 0 bridgehead atoms.